The third kappa shape index (κ3) is 6.34. The first-order chi connectivity index (χ1) is 13.2. The van der Waals surface area contributed by atoms with E-state index in [1.54, 1.807) is 19.2 Å². The van der Waals surface area contributed by atoms with E-state index in [-0.39, 0.29) is 29.8 Å². The third-order valence-corrected chi connectivity index (χ3v) is 5.45. The van der Waals surface area contributed by atoms with Crippen LogP contribution in [0.25, 0.3) is 10.9 Å². The summed E-state index contributed by atoms with van der Waals surface area (Å²) >= 11 is 0. The van der Waals surface area contributed by atoms with Gasteiger partial charge in [0, 0.05) is 37.2 Å². The second-order valence-electron chi connectivity index (χ2n) is 7.42. The molecule has 1 aromatic carbocycles. The molecule has 0 radical (unpaired) electrons. The van der Waals surface area contributed by atoms with Gasteiger partial charge in [0.25, 0.3) is 0 Å². The molecule has 28 heavy (non-hydrogen) atoms. The normalized spacial score (nSPS) is 16.2. The summed E-state index contributed by atoms with van der Waals surface area (Å²) in [6.45, 7) is 7.62. The van der Waals surface area contributed by atoms with E-state index in [0.717, 1.165) is 41.9 Å². The third-order valence-electron chi connectivity index (χ3n) is 5.45. The molecule has 0 atom stereocenters. The lowest BCUT2D eigenvalue weighted by atomic mass is 9.97. The number of fused-ring (bicyclic) bond motifs is 1. The molecule has 3 rings (SSSR count). The van der Waals surface area contributed by atoms with Crippen LogP contribution in [0.1, 0.15) is 31.7 Å². The van der Waals surface area contributed by atoms with Gasteiger partial charge in [-0.15, -0.1) is 24.0 Å². The molecular formula is C21H33FIN5. The second kappa shape index (κ2) is 11.6. The summed E-state index contributed by atoms with van der Waals surface area (Å²) in [6, 6.07) is 4.87. The Labute approximate surface area is 184 Å². The van der Waals surface area contributed by atoms with Crippen molar-refractivity contribution in [2.24, 2.45) is 10.9 Å². The second-order valence-corrected chi connectivity index (χ2v) is 7.42. The van der Waals surface area contributed by atoms with Gasteiger partial charge in [-0.2, -0.15) is 0 Å². The molecule has 1 aromatic heterocycles. The van der Waals surface area contributed by atoms with Crippen LogP contribution in [0, 0.1) is 11.7 Å². The number of benzene rings is 1. The molecule has 2 heterocycles. The quantitative estimate of drug-likeness (QED) is 0.308. The first kappa shape index (κ1) is 22.9. The number of halogens is 2. The number of H-pyrrole nitrogens is 1. The van der Waals surface area contributed by atoms with Crippen molar-refractivity contribution in [3.8, 4) is 0 Å². The molecule has 0 saturated carbocycles. The number of nitrogens with one attached hydrogen (secondary N) is 3. The first-order valence-corrected chi connectivity index (χ1v) is 10.1. The molecule has 3 N–H and O–H groups in total. The zero-order chi connectivity index (χ0) is 19.1. The number of piperidine rings is 1. The van der Waals surface area contributed by atoms with Gasteiger partial charge < -0.3 is 20.5 Å². The summed E-state index contributed by atoms with van der Waals surface area (Å²) in [4.78, 5) is 10.1. The molecule has 1 saturated heterocycles. The molecule has 5 nitrogen and oxygen atoms in total. The maximum absolute atomic E-state index is 13.5. The zero-order valence-electron chi connectivity index (χ0n) is 16.9. The van der Waals surface area contributed by atoms with Crippen molar-refractivity contribution in [1.82, 2.24) is 20.5 Å². The first-order valence-electron chi connectivity index (χ1n) is 10.1. The van der Waals surface area contributed by atoms with Gasteiger partial charge >= 0.3 is 0 Å². The van der Waals surface area contributed by atoms with Gasteiger partial charge in [0.1, 0.15) is 5.82 Å². The van der Waals surface area contributed by atoms with E-state index >= 15 is 0 Å². The highest BCUT2D eigenvalue weighted by atomic mass is 127. The van der Waals surface area contributed by atoms with E-state index in [9.17, 15) is 4.39 Å². The van der Waals surface area contributed by atoms with Crippen molar-refractivity contribution in [2.45, 2.75) is 32.6 Å². The van der Waals surface area contributed by atoms with E-state index in [4.69, 9.17) is 0 Å². The van der Waals surface area contributed by atoms with E-state index in [0.29, 0.717) is 5.92 Å². The van der Waals surface area contributed by atoms with Gasteiger partial charge in [0.2, 0.25) is 0 Å². The molecule has 7 heteroatoms. The summed E-state index contributed by atoms with van der Waals surface area (Å²) in [5.74, 6) is 1.36. The minimum absolute atomic E-state index is 0. The van der Waals surface area contributed by atoms with Crippen LogP contribution in [-0.2, 0) is 6.42 Å². The van der Waals surface area contributed by atoms with E-state index in [2.05, 4.69) is 32.4 Å². The van der Waals surface area contributed by atoms with Crippen molar-refractivity contribution in [2.75, 3.05) is 39.8 Å². The van der Waals surface area contributed by atoms with Crippen LogP contribution in [0.15, 0.2) is 29.4 Å². The van der Waals surface area contributed by atoms with Crippen molar-refractivity contribution in [1.29, 1.82) is 0 Å². The fourth-order valence-corrected chi connectivity index (χ4v) is 3.87. The molecule has 156 valence electrons. The van der Waals surface area contributed by atoms with Crippen molar-refractivity contribution in [3.05, 3.63) is 35.8 Å². The van der Waals surface area contributed by atoms with Crippen LogP contribution in [0.5, 0.6) is 0 Å². The lowest BCUT2D eigenvalue weighted by Gasteiger charge is -2.32. The summed E-state index contributed by atoms with van der Waals surface area (Å²) in [7, 11) is 1.81. The minimum Gasteiger partial charge on any atom is -0.361 e. The predicted octanol–water partition coefficient (Wildman–Crippen LogP) is 3.75. The van der Waals surface area contributed by atoms with Crippen molar-refractivity contribution < 1.29 is 4.39 Å². The van der Waals surface area contributed by atoms with Crippen LogP contribution < -0.4 is 10.6 Å². The van der Waals surface area contributed by atoms with E-state index in [1.165, 1.54) is 45.0 Å². The Kier molecular flexibility index (Phi) is 9.50. The maximum atomic E-state index is 13.5. The molecule has 1 fully saturated rings. The standard InChI is InChI=1S/C21H32FN5.HI/c1-3-10-27-11-7-16(8-12-27)14-26-21(23-2)24-9-6-17-15-25-20-5-4-18(22)13-19(17)20;/h4-5,13,15-16,25H,3,6-12,14H2,1-2H3,(H2,23,24,26);1H. The van der Waals surface area contributed by atoms with Gasteiger partial charge in [-0.1, -0.05) is 6.92 Å². The molecule has 1 aliphatic heterocycles. The Balaban J connectivity index is 0.00000280. The minimum atomic E-state index is -0.196. The van der Waals surface area contributed by atoms with Crippen LogP contribution in [-0.4, -0.2) is 55.6 Å². The van der Waals surface area contributed by atoms with Gasteiger partial charge in [0.15, 0.2) is 5.96 Å². The van der Waals surface area contributed by atoms with Crippen LogP contribution in [0.3, 0.4) is 0 Å². The smallest absolute Gasteiger partial charge is 0.190 e. The molecule has 0 spiro atoms. The monoisotopic (exact) mass is 501 g/mol. The number of rotatable bonds is 7. The molecule has 1 aliphatic rings. The van der Waals surface area contributed by atoms with Crippen LogP contribution >= 0.6 is 24.0 Å². The van der Waals surface area contributed by atoms with Crippen LogP contribution in [0.2, 0.25) is 0 Å². The number of hydrogen-bond acceptors (Lipinski definition) is 2. The topological polar surface area (TPSA) is 55.4 Å². The lowest BCUT2D eigenvalue weighted by molar-refractivity contribution is 0.185. The maximum Gasteiger partial charge on any atom is 0.190 e. The molecule has 0 unspecified atom stereocenters. The number of likely N-dealkylation sites (tertiary alicyclic amines) is 1. The summed E-state index contributed by atoms with van der Waals surface area (Å²) in [5.41, 5.74) is 2.10. The van der Waals surface area contributed by atoms with Gasteiger partial charge in [0.05, 0.1) is 0 Å². The molecule has 0 aliphatic carbocycles. The molecular weight excluding hydrogens is 468 g/mol. The highest BCUT2D eigenvalue weighted by molar-refractivity contribution is 14.0. The Morgan fingerprint density at radius 2 is 2.07 bits per heavy atom. The highest BCUT2D eigenvalue weighted by Crippen LogP contribution is 2.19. The zero-order valence-corrected chi connectivity index (χ0v) is 19.3. The van der Waals surface area contributed by atoms with Crippen molar-refractivity contribution >= 4 is 40.8 Å². The Bertz CT molecular complexity index is 752. The lowest BCUT2D eigenvalue weighted by Crippen LogP contribution is -2.43. The van der Waals surface area contributed by atoms with E-state index < -0.39 is 0 Å². The fourth-order valence-electron chi connectivity index (χ4n) is 3.87. The SMILES string of the molecule is CCCN1CCC(CNC(=NC)NCCc2c[nH]c3ccc(F)cc23)CC1.I. The van der Waals surface area contributed by atoms with Gasteiger partial charge in [-0.05, 0) is 75.0 Å². The predicted molar refractivity (Wildman–Crippen MR) is 126 cm³/mol. The summed E-state index contributed by atoms with van der Waals surface area (Å²) < 4.78 is 13.5. The molecule has 2 aromatic rings. The number of aromatic amines is 1. The molecule has 0 bridgehead atoms. The average Bonchev–Trinajstić information content (AvgIpc) is 3.08. The number of guanidine groups is 1. The Morgan fingerprint density at radius 3 is 2.79 bits per heavy atom. The highest BCUT2D eigenvalue weighted by Gasteiger charge is 2.18. The number of hydrogen-bond donors (Lipinski definition) is 3. The van der Waals surface area contributed by atoms with Gasteiger partial charge in [-0.3, -0.25) is 4.99 Å². The summed E-state index contributed by atoms with van der Waals surface area (Å²) in [5, 5.41) is 7.80. The fraction of sp³-hybridized carbons (Fsp3) is 0.571. The largest absolute Gasteiger partial charge is 0.361 e. The summed E-state index contributed by atoms with van der Waals surface area (Å²) in [6.07, 6.45) is 6.53. The Hall–Kier alpha value is -1.35. The van der Waals surface area contributed by atoms with Crippen molar-refractivity contribution in [3.63, 3.8) is 0 Å². The average molecular weight is 501 g/mol. The van der Waals surface area contributed by atoms with Crippen LogP contribution in [0.4, 0.5) is 4.39 Å². The Morgan fingerprint density at radius 1 is 1.29 bits per heavy atom. The number of nitrogens with zero attached hydrogens (tertiary/aromatic N) is 2. The molecule has 0 amide bonds. The van der Waals surface area contributed by atoms with E-state index in [1.807, 2.05) is 6.20 Å². The van der Waals surface area contributed by atoms with Gasteiger partial charge in [-0.25, -0.2) is 4.39 Å². The number of aliphatic imine (C=N–C) groups is 1. The number of aromatic nitrogens is 1.